The first-order chi connectivity index (χ1) is 14.3. The number of unbranched alkanes of at least 4 members (excludes halogenated alkanes) is 21. The van der Waals surface area contributed by atoms with E-state index in [0.29, 0.717) is 0 Å². The maximum Gasteiger partial charge on any atom is -0.00218 e. The average Bonchev–Trinajstić information content (AvgIpc) is 2.72. The van der Waals surface area contributed by atoms with Crippen molar-refractivity contribution < 1.29 is 0 Å². The molecule has 0 aliphatic rings. The number of hydrogen-bond acceptors (Lipinski definition) is 2. The van der Waals surface area contributed by atoms with Crippen LogP contribution in [0.15, 0.2) is 0 Å². The first-order valence-corrected chi connectivity index (χ1v) is 14.0. The van der Waals surface area contributed by atoms with Gasteiger partial charge in [-0.2, -0.15) is 0 Å². The second kappa shape index (κ2) is 32.4. The van der Waals surface area contributed by atoms with Gasteiger partial charge in [-0.05, 0) is 33.0 Å². The van der Waals surface area contributed by atoms with Crippen molar-refractivity contribution >= 4 is 12.4 Å². The smallest absolute Gasteiger partial charge is 0.00218 e. The molecular formula is C28H63ClN2. The van der Waals surface area contributed by atoms with E-state index in [-0.39, 0.29) is 18.6 Å². The standard InChI is InChI=1S/C28H59N.ClH.H3N/c1-4-6-8-10-12-14-15-16-17-18-20-22-24-26-28-29(3)27-25-23-21-19-13-11-9-7-5-2;;/h4-28H2,1-3H3;1H;1H3. The lowest BCUT2D eigenvalue weighted by Gasteiger charge is -2.16. The van der Waals surface area contributed by atoms with Crippen LogP contribution < -0.4 is 6.15 Å². The largest absolute Gasteiger partial charge is 0.344 e. The summed E-state index contributed by atoms with van der Waals surface area (Å²) in [6.45, 7) is 7.23. The molecule has 192 valence electrons. The minimum atomic E-state index is 0. The van der Waals surface area contributed by atoms with Crippen LogP contribution in [0.4, 0.5) is 0 Å². The van der Waals surface area contributed by atoms with Crippen molar-refractivity contribution in [1.29, 1.82) is 0 Å². The summed E-state index contributed by atoms with van der Waals surface area (Å²) in [5.74, 6) is 0. The van der Waals surface area contributed by atoms with Crippen LogP contribution in [0.5, 0.6) is 0 Å². The summed E-state index contributed by atoms with van der Waals surface area (Å²) in [5, 5.41) is 0. The van der Waals surface area contributed by atoms with E-state index >= 15 is 0 Å². The zero-order valence-electron chi connectivity index (χ0n) is 22.2. The van der Waals surface area contributed by atoms with Crippen LogP contribution in [0.25, 0.3) is 0 Å². The summed E-state index contributed by atoms with van der Waals surface area (Å²) in [6, 6.07) is 0. The van der Waals surface area contributed by atoms with Crippen LogP contribution in [-0.4, -0.2) is 25.0 Å². The van der Waals surface area contributed by atoms with Gasteiger partial charge in [-0.3, -0.25) is 0 Å². The SMILES string of the molecule is CCCCCCCCCCCCCCCCN(C)CCCCCCCCCCC.Cl.N. The second-order valence-corrected chi connectivity index (χ2v) is 9.73. The highest BCUT2D eigenvalue weighted by Gasteiger charge is 1.99. The predicted octanol–water partition coefficient (Wildman–Crippen LogP) is 10.5. The Hall–Kier alpha value is 0.210. The van der Waals surface area contributed by atoms with Gasteiger partial charge >= 0.3 is 0 Å². The topological polar surface area (TPSA) is 38.2 Å². The molecular weight excluding hydrogens is 400 g/mol. The summed E-state index contributed by atoms with van der Waals surface area (Å²) in [7, 11) is 2.33. The van der Waals surface area contributed by atoms with Gasteiger partial charge in [0, 0.05) is 0 Å². The molecule has 0 saturated heterocycles. The van der Waals surface area contributed by atoms with E-state index < -0.39 is 0 Å². The van der Waals surface area contributed by atoms with Gasteiger partial charge in [-0.25, -0.2) is 0 Å². The normalized spacial score (nSPS) is 10.8. The second-order valence-electron chi connectivity index (χ2n) is 9.73. The van der Waals surface area contributed by atoms with E-state index in [4.69, 9.17) is 0 Å². The van der Waals surface area contributed by atoms with Crippen LogP contribution in [0, 0.1) is 0 Å². The number of halogens is 1. The zero-order chi connectivity index (χ0) is 21.3. The molecule has 0 heterocycles. The first kappa shape index (κ1) is 35.8. The van der Waals surface area contributed by atoms with Crippen LogP contribution in [0.2, 0.25) is 0 Å². The van der Waals surface area contributed by atoms with Crippen molar-refractivity contribution in [3.63, 3.8) is 0 Å². The summed E-state index contributed by atoms with van der Waals surface area (Å²) in [6.07, 6.45) is 33.4. The Kier molecular flexibility index (Phi) is 37.4. The van der Waals surface area contributed by atoms with Gasteiger partial charge in [-0.15, -0.1) is 12.4 Å². The lowest BCUT2D eigenvalue weighted by Crippen LogP contribution is -2.20. The zero-order valence-corrected chi connectivity index (χ0v) is 23.1. The molecule has 0 saturated carbocycles. The Bertz CT molecular complexity index is 286. The number of rotatable bonds is 25. The molecule has 0 spiro atoms. The fraction of sp³-hybridized carbons (Fsp3) is 1.00. The van der Waals surface area contributed by atoms with Crippen LogP contribution >= 0.6 is 12.4 Å². The van der Waals surface area contributed by atoms with Gasteiger partial charge in [0.05, 0.1) is 0 Å². The van der Waals surface area contributed by atoms with Gasteiger partial charge in [-0.1, -0.05) is 149 Å². The summed E-state index contributed by atoms with van der Waals surface area (Å²) in [5.41, 5.74) is 0. The molecule has 31 heavy (non-hydrogen) atoms. The Morgan fingerprint density at radius 3 is 0.774 bits per heavy atom. The lowest BCUT2D eigenvalue weighted by atomic mass is 10.0. The number of hydrogen-bond donors (Lipinski definition) is 1. The van der Waals surface area contributed by atoms with E-state index in [0.717, 1.165) is 0 Å². The van der Waals surface area contributed by atoms with Gasteiger partial charge in [0.2, 0.25) is 0 Å². The van der Waals surface area contributed by atoms with Crippen molar-refractivity contribution in [2.24, 2.45) is 0 Å². The van der Waals surface area contributed by atoms with Gasteiger partial charge in [0.15, 0.2) is 0 Å². The van der Waals surface area contributed by atoms with Crippen molar-refractivity contribution in [1.82, 2.24) is 11.1 Å². The van der Waals surface area contributed by atoms with Crippen molar-refractivity contribution in [3.8, 4) is 0 Å². The molecule has 0 unspecified atom stereocenters. The highest BCUT2D eigenvalue weighted by atomic mass is 35.5. The predicted molar refractivity (Wildman–Crippen MR) is 147 cm³/mol. The molecule has 0 amide bonds. The van der Waals surface area contributed by atoms with Crippen molar-refractivity contribution in [2.45, 2.75) is 162 Å². The van der Waals surface area contributed by atoms with E-state index in [1.807, 2.05) is 0 Å². The van der Waals surface area contributed by atoms with E-state index in [2.05, 4.69) is 25.8 Å². The Morgan fingerprint density at radius 1 is 0.355 bits per heavy atom. The van der Waals surface area contributed by atoms with Crippen LogP contribution in [0.1, 0.15) is 162 Å². The monoisotopic (exact) mass is 462 g/mol. The van der Waals surface area contributed by atoms with Crippen LogP contribution in [0.3, 0.4) is 0 Å². The van der Waals surface area contributed by atoms with E-state index in [9.17, 15) is 0 Å². The van der Waals surface area contributed by atoms with E-state index in [1.54, 1.807) is 0 Å². The van der Waals surface area contributed by atoms with Crippen LogP contribution in [-0.2, 0) is 0 Å². The molecule has 0 aromatic carbocycles. The highest BCUT2D eigenvalue weighted by molar-refractivity contribution is 5.85. The molecule has 0 aliphatic heterocycles. The average molecular weight is 463 g/mol. The third-order valence-electron chi connectivity index (χ3n) is 6.54. The van der Waals surface area contributed by atoms with Gasteiger partial charge in [0.1, 0.15) is 0 Å². The van der Waals surface area contributed by atoms with Crippen molar-refractivity contribution in [2.75, 3.05) is 20.1 Å². The lowest BCUT2D eigenvalue weighted by molar-refractivity contribution is 0.314. The third kappa shape index (κ3) is 32.5. The number of nitrogens with zero attached hydrogens (tertiary/aromatic N) is 1. The molecule has 0 bridgehead atoms. The minimum Gasteiger partial charge on any atom is -0.344 e. The molecule has 0 fully saturated rings. The molecule has 0 aromatic rings. The molecule has 3 N–H and O–H groups in total. The van der Waals surface area contributed by atoms with E-state index in [1.165, 1.54) is 161 Å². The summed E-state index contributed by atoms with van der Waals surface area (Å²) in [4.78, 5) is 2.57. The summed E-state index contributed by atoms with van der Waals surface area (Å²) < 4.78 is 0. The Morgan fingerprint density at radius 2 is 0.548 bits per heavy atom. The molecule has 0 aliphatic carbocycles. The Labute approximate surface area is 205 Å². The maximum absolute atomic E-state index is 2.57. The molecule has 0 radical (unpaired) electrons. The fourth-order valence-corrected chi connectivity index (χ4v) is 4.38. The van der Waals surface area contributed by atoms with Gasteiger partial charge in [0.25, 0.3) is 0 Å². The third-order valence-corrected chi connectivity index (χ3v) is 6.54. The van der Waals surface area contributed by atoms with Crippen molar-refractivity contribution in [3.05, 3.63) is 0 Å². The quantitative estimate of drug-likeness (QED) is 0.137. The highest BCUT2D eigenvalue weighted by Crippen LogP contribution is 2.13. The fourth-order valence-electron chi connectivity index (χ4n) is 4.38. The molecule has 0 atom stereocenters. The summed E-state index contributed by atoms with van der Waals surface area (Å²) >= 11 is 0. The molecule has 2 nitrogen and oxygen atoms in total. The maximum atomic E-state index is 2.57. The minimum absolute atomic E-state index is 0. The molecule has 0 rings (SSSR count). The molecule has 3 heteroatoms. The van der Waals surface area contributed by atoms with Gasteiger partial charge < -0.3 is 11.1 Å². The first-order valence-electron chi connectivity index (χ1n) is 14.0. The Balaban J connectivity index is -0.00000392. The molecule has 0 aromatic heterocycles.